The van der Waals surface area contributed by atoms with E-state index in [-0.39, 0.29) is 0 Å². The molecule has 0 fully saturated rings. The average Bonchev–Trinajstić information content (AvgIpc) is 2.77. The first kappa shape index (κ1) is 11.0. The van der Waals surface area contributed by atoms with E-state index in [1.807, 2.05) is 36.7 Å². The minimum Gasteiger partial charge on any atom is -0.397 e. The normalized spacial score (nSPS) is 10.3. The molecular weight excluding hydrogens is 218 g/mol. The Hall–Kier alpha value is -1.55. The smallest absolute Gasteiger partial charge is 0.0942 e. The van der Waals surface area contributed by atoms with Crippen LogP contribution in [0, 0.1) is 6.92 Å². The van der Waals surface area contributed by atoms with Crippen LogP contribution in [0.2, 0.25) is 0 Å². The summed E-state index contributed by atoms with van der Waals surface area (Å²) < 4.78 is 0. The molecule has 0 aliphatic rings. The molecule has 0 spiro atoms. The Bertz CT molecular complexity index is 451. The monoisotopic (exact) mass is 233 g/mol. The summed E-state index contributed by atoms with van der Waals surface area (Å²) in [4.78, 5) is 4.23. The minimum absolute atomic E-state index is 0.835. The molecule has 1 aromatic carbocycles. The topological polar surface area (TPSA) is 50.9 Å². The minimum atomic E-state index is 0.835. The molecule has 0 radical (unpaired) electrons. The molecule has 2 aromatic rings. The fraction of sp³-hybridized carbons (Fsp3) is 0.250. The van der Waals surface area contributed by atoms with E-state index >= 15 is 0 Å². The maximum atomic E-state index is 5.97. The number of hydrogen-bond donors (Lipinski definition) is 2. The molecule has 0 unspecified atom stereocenters. The number of anilines is 2. The lowest BCUT2D eigenvalue weighted by Crippen LogP contribution is -2.07. The second kappa shape index (κ2) is 4.99. The largest absolute Gasteiger partial charge is 0.397 e. The number of nitrogens with zero attached hydrogens (tertiary/aromatic N) is 1. The van der Waals surface area contributed by atoms with Crippen LogP contribution < -0.4 is 11.1 Å². The van der Waals surface area contributed by atoms with Gasteiger partial charge in [0.15, 0.2) is 0 Å². The van der Waals surface area contributed by atoms with E-state index in [1.54, 1.807) is 11.3 Å². The van der Waals surface area contributed by atoms with Gasteiger partial charge in [0.05, 0.1) is 16.4 Å². The van der Waals surface area contributed by atoms with Gasteiger partial charge in [-0.1, -0.05) is 12.1 Å². The summed E-state index contributed by atoms with van der Waals surface area (Å²) >= 11 is 1.68. The van der Waals surface area contributed by atoms with Crippen LogP contribution in [0.1, 0.15) is 10.6 Å². The van der Waals surface area contributed by atoms with Crippen molar-refractivity contribution in [2.24, 2.45) is 0 Å². The SMILES string of the molecule is Cc1cccc(NCCc2nccs2)c1N. The van der Waals surface area contributed by atoms with E-state index < -0.39 is 0 Å². The standard InChI is InChI=1S/C12H15N3S/c1-9-3-2-4-10(12(9)13)14-6-5-11-15-7-8-16-11/h2-4,7-8,14H,5-6,13H2,1H3. The zero-order valence-electron chi connectivity index (χ0n) is 9.23. The molecular formula is C12H15N3S. The third-order valence-electron chi connectivity index (χ3n) is 2.46. The van der Waals surface area contributed by atoms with E-state index in [2.05, 4.69) is 10.3 Å². The number of para-hydroxylation sites is 1. The molecule has 2 rings (SSSR count). The van der Waals surface area contributed by atoms with Crippen molar-refractivity contribution < 1.29 is 0 Å². The lowest BCUT2D eigenvalue weighted by Gasteiger charge is -2.10. The van der Waals surface area contributed by atoms with Crippen molar-refractivity contribution in [3.8, 4) is 0 Å². The third-order valence-corrected chi connectivity index (χ3v) is 3.30. The molecule has 1 aromatic heterocycles. The number of aryl methyl sites for hydroxylation is 1. The predicted molar refractivity (Wildman–Crippen MR) is 69.9 cm³/mol. The second-order valence-electron chi connectivity index (χ2n) is 3.64. The average molecular weight is 233 g/mol. The van der Waals surface area contributed by atoms with Crippen molar-refractivity contribution in [2.75, 3.05) is 17.6 Å². The number of nitrogen functional groups attached to an aromatic ring is 1. The van der Waals surface area contributed by atoms with Crippen molar-refractivity contribution in [3.63, 3.8) is 0 Å². The van der Waals surface area contributed by atoms with E-state index in [1.165, 1.54) is 0 Å². The molecule has 84 valence electrons. The number of nitrogens with one attached hydrogen (secondary N) is 1. The van der Waals surface area contributed by atoms with Crippen LogP contribution in [0.3, 0.4) is 0 Å². The Morgan fingerprint density at radius 2 is 2.31 bits per heavy atom. The Balaban J connectivity index is 1.92. The van der Waals surface area contributed by atoms with Gasteiger partial charge in [-0.25, -0.2) is 4.98 Å². The molecule has 0 bridgehead atoms. The number of nitrogens with two attached hydrogens (primary N) is 1. The molecule has 1 heterocycles. The zero-order valence-corrected chi connectivity index (χ0v) is 10.1. The number of aromatic nitrogens is 1. The van der Waals surface area contributed by atoms with Crippen molar-refractivity contribution in [3.05, 3.63) is 40.3 Å². The van der Waals surface area contributed by atoms with Crippen molar-refractivity contribution in [1.29, 1.82) is 0 Å². The quantitative estimate of drug-likeness (QED) is 0.798. The highest BCUT2D eigenvalue weighted by atomic mass is 32.1. The van der Waals surface area contributed by atoms with Gasteiger partial charge in [0.2, 0.25) is 0 Å². The van der Waals surface area contributed by atoms with Gasteiger partial charge < -0.3 is 11.1 Å². The Kier molecular flexibility index (Phi) is 3.41. The van der Waals surface area contributed by atoms with Crippen LogP contribution >= 0.6 is 11.3 Å². The van der Waals surface area contributed by atoms with E-state index in [4.69, 9.17) is 5.73 Å². The molecule has 3 N–H and O–H groups in total. The number of rotatable bonds is 4. The van der Waals surface area contributed by atoms with Crippen LogP contribution in [0.5, 0.6) is 0 Å². The van der Waals surface area contributed by atoms with Gasteiger partial charge in [-0.2, -0.15) is 0 Å². The molecule has 0 amide bonds. The van der Waals surface area contributed by atoms with Gasteiger partial charge in [0.1, 0.15) is 0 Å². The first-order chi connectivity index (χ1) is 7.77. The summed E-state index contributed by atoms with van der Waals surface area (Å²) in [6, 6.07) is 6.03. The summed E-state index contributed by atoms with van der Waals surface area (Å²) in [7, 11) is 0. The zero-order chi connectivity index (χ0) is 11.4. The molecule has 4 heteroatoms. The summed E-state index contributed by atoms with van der Waals surface area (Å²) in [5.74, 6) is 0. The van der Waals surface area contributed by atoms with Crippen LogP contribution in [0.25, 0.3) is 0 Å². The van der Waals surface area contributed by atoms with Gasteiger partial charge >= 0.3 is 0 Å². The number of benzene rings is 1. The van der Waals surface area contributed by atoms with Crippen LogP contribution in [-0.2, 0) is 6.42 Å². The van der Waals surface area contributed by atoms with Gasteiger partial charge in [0.25, 0.3) is 0 Å². The highest BCUT2D eigenvalue weighted by molar-refractivity contribution is 7.09. The van der Waals surface area contributed by atoms with Gasteiger partial charge in [0, 0.05) is 24.5 Å². The molecule has 0 saturated carbocycles. The van der Waals surface area contributed by atoms with Gasteiger partial charge in [-0.3, -0.25) is 0 Å². The first-order valence-corrected chi connectivity index (χ1v) is 6.12. The second-order valence-corrected chi connectivity index (χ2v) is 4.62. The summed E-state index contributed by atoms with van der Waals surface area (Å²) in [6.07, 6.45) is 2.77. The van der Waals surface area contributed by atoms with Crippen molar-refractivity contribution in [2.45, 2.75) is 13.3 Å². The maximum absolute atomic E-state index is 5.97. The maximum Gasteiger partial charge on any atom is 0.0942 e. The van der Waals surface area contributed by atoms with Crippen LogP contribution in [0.15, 0.2) is 29.8 Å². The van der Waals surface area contributed by atoms with Crippen LogP contribution in [0.4, 0.5) is 11.4 Å². The van der Waals surface area contributed by atoms with E-state index in [9.17, 15) is 0 Å². The fourth-order valence-corrected chi connectivity index (χ4v) is 2.14. The lowest BCUT2D eigenvalue weighted by molar-refractivity contribution is 0.998. The molecule has 0 saturated heterocycles. The lowest BCUT2D eigenvalue weighted by atomic mass is 10.2. The molecule has 0 aliphatic carbocycles. The van der Waals surface area contributed by atoms with Crippen LogP contribution in [-0.4, -0.2) is 11.5 Å². The highest BCUT2D eigenvalue weighted by Crippen LogP contribution is 2.21. The molecule has 3 nitrogen and oxygen atoms in total. The number of hydrogen-bond acceptors (Lipinski definition) is 4. The fourth-order valence-electron chi connectivity index (χ4n) is 1.52. The van der Waals surface area contributed by atoms with Gasteiger partial charge in [-0.15, -0.1) is 11.3 Å². The van der Waals surface area contributed by atoms with Crippen molar-refractivity contribution in [1.82, 2.24) is 4.98 Å². The molecule has 0 atom stereocenters. The van der Waals surface area contributed by atoms with Crippen molar-refractivity contribution >= 4 is 22.7 Å². The Morgan fingerprint density at radius 3 is 3.06 bits per heavy atom. The Morgan fingerprint density at radius 1 is 1.44 bits per heavy atom. The third kappa shape index (κ3) is 2.52. The van der Waals surface area contributed by atoms with E-state index in [0.717, 1.165) is 34.9 Å². The number of thiazole rings is 1. The van der Waals surface area contributed by atoms with Gasteiger partial charge in [-0.05, 0) is 18.6 Å². The Labute approximate surface area is 99.3 Å². The highest BCUT2D eigenvalue weighted by Gasteiger charge is 2.01. The summed E-state index contributed by atoms with van der Waals surface area (Å²) in [5.41, 5.74) is 8.92. The summed E-state index contributed by atoms with van der Waals surface area (Å²) in [5, 5.41) is 6.48. The molecule has 16 heavy (non-hydrogen) atoms. The molecule has 0 aliphatic heterocycles. The van der Waals surface area contributed by atoms with E-state index in [0.29, 0.717) is 0 Å². The summed E-state index contributed by atoms with van der Waals surface area (Å²) in [6.45, 7) is 2.88. The first-order valence-electron chi connectivity index (χ1n) is 5.24. The predicted octanol–water partition coefficient (Wildman–Crippen LogP) is 2.69.